The van der Waals surface area contributed by atoms with Crippen LogP contribution in [0.5, 0.6) is 0 Å². The largest absolute Gasteiger partial charge is 0.387 e. The van der Waals surface area contributed by atoms with Crippen LogP contribution in [0.15, 0.2) is 4.99 Å². The fourth-order valence-electron chi connectivity index (χ4n) is 1.97. The summed E-state index contributed by atoms with van der Waals surface area (Å²) in [6.07, 6.45) is 7.54. The van der Waals surface area contributed by atoms with Crippen LogP contribution in [0.1, 0.15) is 51.4 Å². The number of carbonyl (C=O) groups is 1. The van der Waals surface area contributed by atoms with E-state index in [-0.39, 0.29) is 5.97 Å². The van der Waals surface area contributed by atoms with E-state index in [0.29, 0.717) is 12.5 Å². The highest BCUT2D eigenvalue weighted by Crippen LogP contribution is 2.17. The normalized spacial score (nSPS) is 21.1. The Hall–Kier alpha value is -1.10. The molecule has 0 spiro atoms. The smallest absolute Gasteiger partial charge is 0.324 e. The van der Waals surface area contributed by atoms with Crippen LogP contribution >= 0.6 is 0 Å². The summed E-state index contributed by atoms with van der Waals surface area (Å²) in [5, 5.41) is 0. The number of nitrogens with two attached hydrogens (primary N) is 2. The molecular formula is C11H21N3O2. The Morgan fingerprint density at radius 3 is 3.00 bits per heavy atom. The van der Waals surface area contributed by atoms with E-state index >= 15 is 0 Å². The Kier molecular flexibility index (Phi) is 5.85. The van der Waals surface area contributed by atoms with Gasteiger partial charge in [-0.3, -0.25) is 9.79 Å². The minimum absolute atomic E-state index is 0.344. The number of aliphatic imine (C=N–C) groups is 1. The topological polar surface area (TPSA) is 90.7 Å². The molecule has 5 heteroatoms. The van der Waals surface area contributed by atoms with Crippen molar-refractivity contribution < 1.29 is 9.63 Å². The predicted octanol–water partition coefficient (Wildman–Crippen LogP) is 1.26. The van der Waals surface area contributed by atoms with Gasteiger partial charge in [0.25, 0.3) is 0 Å². The van der Waals surface area contributed by atoms with Gasteiger partial charge >= 0.3 is 5.97 Å². The van der Waals surface area contributed by atoms with Crippen molar-refractivity contribution in [1.29, 1.82) is 0 Å². The molecule has 1 unspecified atom stereocenters. The van der Waals surface area contributed by atoms with Crippen molar-refractivity contribution in [3.8, 4) is 0 Å². The number of amidine groups is 1. The van der Waals surface area contributed by atoms with E-state index in [4.69, 9.17) is 11.6 Å². The first-order valence-corrected chi connectivity index (χ1v) is 5.94. The van der Waals surface area contributed by atoms with Crippen molar-refractivity contribution in [1.82, 2.24) is 0 Å². The Bertz CT molecular complexity index is 254. The zero-order valence-electron chi connectivity index (χ0n) is 9.65. The second-order valence-corrected chi connectivity index (χ2v) is 4.26. The molecule has 0 aliphatic carbocycles. The summed E-state index contributed by atoms with van der Waals surface area (Å²) in [5.41, 5.74) is 5.76. The maximum Gasteiger partial charge on any atom is 0.324 e. The second kappa shape index (κ2) is 7.22. The highest BCUT2D eigenvalue weighted by molar-refractivity contribution is 5.80. The Morgan fingerprint density at radius 2 is 2.25 bits per heavy atom. The number of rotatable bonds is 5. The fraction of sp³-hybridized carbons (Fsp3) is 0.818. The van der Waals surface area contributed by atoms with Crippen LogP contribution in [0.25, 0.3) is 0 Å². The lowest BCUT2D eigenvalue weighted by Gasteiger charge is -2.09. The van der Waals surface area contributed by atoms with Crippen LogP contribution in [-0.4, -0.2) is 17.8 Å². The number of hydrogen-bond donors (Lipinski definition) is 2. The van der Waals surface area contributed by atoms with E-state index in [0.717, 1.165) is 44.4 Å². The summed E-state index contributed by atoms with van der Waals surface area (Å²) in [4.78, 5) is 19.3. The van der Waals surface area contributed by atoms with Crippen molar-refractivity contribution in [2.45, 2.75) is 57.4 Å². The number of unbranched alkanes of at least 4 members (excludes halogenated alkanes) is 1. The molecule has 0 aromatic rings. The van der Waals surface area contributed by atoms with E-state index < -0.39 is 0 Å². The second-order valence-electron chi connectivity index (χ2n) is 4.26. The van der Waals surface area contributed by atoms with E-state index in [1.165, 1.54) is 6.42 Å². The van der Waals surface area contributed by atoms with Crippen molar-refractivity contribution in [3.05, 3.63) is 0 Å². The predicted molar refractivity (Wildman–Crippen MR) is 62.6 cm³/mol. The minimum Gasteiger partial charge on any atom is -0.387 e. The molecule has 0 saturated carbocycles. The number of hydrogen-bond acceptors (Lipinski definition) is 5. The van der Waals surface area contributed by atoms with E-state index in [9.17, 15) is 4.79 Å². The Morgan fingerprint density at radius 1 is 1.44 bits per heavy atom. The first kappa shape index (κ1) is 13.0. The van der Waals surface area contributed by atoms with Crippen molar-refractivity contribution in [2.24, 2.45) is 16.6 Å². The molecule has 0 saturated heterocycles. The number of nitrogens with zero attached hydrogens (tertiary/aromatic N) is 1. The minimum atomic E-state index is -0.344. The Labute approximate surface area is 96.2 Å². The summed E-state index contributed by atoms with van der Waals surface area (Å²) < 4.78 is 0. The summed E-state index contributed by atoms with van der Waals surface area (Å²) in [5.74, 6) is 5.19. The lowest BCUT2D eigenvalue weighted by molar-refractivity contribution is -0.144. The quantitative estimate of drug-likeness (QED) is 0.546. The molecular weight excluding hydrogens is 206 g/mol. The van der Waals surface area contributed by atoms with Crippen LogP contribution in [0.4, 0.5) is 0 Å². The van der Waals surface area contributed by atoms with Crippen LogP contribution in [0.2, 0.25) is 0 Å². The molecule has 0 aromatic carbocycles. The van der Waals surface area contributed by atoms with Crippen molar-refractivity contribution >= 4 is 11.8 Å². The standard InChI is InChI=1S/C11H21N3O2/c12-10-7-3-1-5-9(14-10)6-2-4-8-11(15)16-13/h9H,1-8,13H2,(H2,12,14). The van der Waals surface area contributed by atoms with Crippen LogP contribution in [0, 0.1) is 0 Å². The third-order valence-electron chi connectivity index (χ3n) is 2.87. The van der Waals surface area contributed by atoms with Crippen LogP contribution in [-0.2, 0) is 9.63 Å². The van der Waals surface area contributed by atoms with Gasteiger partial charge in [0.2, 0.25) is 0 Å². The molecule has 92 valence electrons. The first-order chi connectivity index (χ1) is 7.72. The molecule has 5 nitrogen and oxygen atoms in total. The highest BCUT2D eigenvalue weighted by atomic mass is 16.7. The maximum atomic E-state index is 10.8. The van der Waals surface area contributed by atoms with Gasteiger partial charge in [0, 0.05) is 12.8 Å². The molecule has 1 heterocycles. The third-order valence-corrected chi connectivity index (χ3v) is 2.87. The van der Waals surface area contributed by atoms with Crippen molar-refractivity contribution in [2.75, 3.05) is 0 Å². The molecule has 4 N–H and O–H groups in total. The zero-order valence-corrected chi connectivity index (χ0v) is 9.65. The summed E-state index contributed by atoms with van der Waals surface area (Å²) in [7, 11) is 0. The van der Waals surface area contributed by atoms with Gasteiger partial charge in [0.15, 0.2) is 0 Å². The number of carbonyl (C=O) groups excluding carboxylic acids is 1. The molecule has 1 rings (SSSR count). The van der Waals surface area contributed by atoms with Crippen LogP contribution in [0.3, 0.4) is 0 Å². The molecule has 1 aliphatic heterocycles. The molecule has 0 amide bonds. The first-order valence-electron chi connectivity index (χ1n) is 5.94. The summed E-state index contributed by atoms with van der Waals surface area (Å²) in [6.45, 7) is 0. The van der Waals surface area contributed by atoms with Crippen LogP contribution < -0.4 is 11.6 Å². The average Bonchev–Trinajstić information content (AvgIpc) is 2.48. The van der Waals surface area contributed by atoms with Crippen molar-refractivity contribution in [3.63, 3.8) is 0 Å². The Balaban J connectivity index is 2.16. The SMILES string of the molecule is NOC(=O)CCCCC1CCCCC(N)=N1. The fourth-order valence-corrected chi connectivity index (χ4v) is 1.97. The zero-order chi connectivity index (χ0) is 11.8. The molecule has 1 aliphatic rings. The molecule has 0 fully saturated rings. The van der Waals surface area contributed by atoms with Gasteiger partial charge in [0.05, 0.1) is 11.9 Å². The summed E-state index contributed by atoms with van der Waals surface area (Å²) in [6, 6.07) is 0.344. The average molecular weight is 227 g/mol. The van der Waals surface area contributed by atoms with E-state index in [1.54, 1.807) is 0 Å². The molecule has 16 heavy (non-hydrogen) atoms. The molecule has 0 aromatic heterocycles. The lowest BCUT2D eigenvalue weighted by Crippen LogP contribution is -2.14. The third kappa shape index (κ3) is 5.11. The van der Waals surface area contributed by atoms with Gasteiger partial charge in [0.1, 0.15) is 0 Å². The van der Waals surface area contributed by atoms with Gasteiger partial charge < -0.3 is 10.6 Å². The maximum absolute atomic E-state index is 10.8. The van der Waals surface area contributed by atoms with E-state index in [1.807, 2.05) is 0 Å². The molecule has 1 atom stereocenters. The van der Waals surface area contributed by atoms with Gasteiger partial charge in [-0.1, -0.05) is 12.8 Å². The van der Waals surface area contributed by atoms with Gasteiger partial charge in [-0.2, -0.15) is 5.90 Å². The monoisotopic (exact) mass is 227 g/mol. The van der Waals surface area contributed by atoms with Gasteiger partial charge in [-0.15, -0.1) is 0 Å². The highest BCUT2D eigenvalue weighted by Gasteiger charge is 2.11. The lowest BCUT2D eigenvalue weighted by atomic mass is 10.0. The summed E-state index contributed by atoms with van der Waals surface area (Å²) >= 11 is 0. The molecule has 0 radical (unpaired) electrons. The molecule has 0 bridgehead atoms. The van der Waals surface area contributed by atoms with Gasteiger partial charge in [-0.05, 0) is 25.7 Å². The van der Waals surface area contributed by atoms with E-state index in [2.05, 4.69) is 9.83 Å². The van der Waals surface area contributed by atoms with Gasteiger partial charge in [-0.25, -0.2) is 0 Å².